The molecule has 92 valence electrons. The van der Waals surface area contributed by atoms with Crippen molar-refractivity contribution in [1.29, 1.82) is 0 Å². The molecule has 2 aromatic carbocycles. The van der Waals surface area contributed by atoms with Crippen molar-refractivity contribution in [2.45, 2.75) is 0 Å². The summed E-state index contributed by atoms with van der Waals surface area (Å²) in [7, 11) is 0. The molecule has 0 unspecified atom stereocenters. The highest BCUT2D eigenvalue weighted by Gasteiger charge is 2.16. The number of carbonyl (C=O) groups is 1. The van der Waals surface area contributed by atoms with E-state index in [0.29, 0.717) is 0 Å². The highest BCUT2D eigenvalue weighted by molar-refractivity contribution is 6.09. The first-order valence-electron chi connectivity index (χ1n) is 5.04. The summed E-state index contributed by atoms with van der Waals surface area (Å²) in [6, 6.07) is 6.12. The van der Waals surface area contributed by atoms with Gasteiger partial charge in [0.15, 0.2) is 17.4 Å². The summed E-state index contributed by atoms with van der Waals surface area (Å²) >= 11 is 0. The number of anilines is 1. The highest BCUT2D eigenvalue weighted by atomic mass is 19.2. The van der Waals surface area contributed by atoms with Crippen LogP contribution >= 0.6 is 0 Å². The van der Waals surface area contributed by atoms with Gasteiger partial charge in [0.1, 0.15) is 5.82 Å². The summed E-state index contributed by atoms with van der Waals surface area (Å²) in [5.41, 5.74) is 5.24. The Balaban J connectivity index is 2.47. The Kier molecular flexibility index (Phi) is 3.06. The number of nitrogen functional groups attached to an aromatic ring is 1. The molecule has 0 aliphatic carbocycles. The van der Waals surface area contributed by atoms with Gasteiger partial charge < -0.3 is 5.73 Å². The van der Waals surface area contributed by atoms with E-state index < -0.39 is 23.2 Å². The van der Waals surface area contributed by atoms with Crippen molar-refractivity contribution >= 4 is 11.5 Å². The van der Waals surface area contributed by atoms with Crippen molar-refractivity contribution in [2.75, 3.05) is 5.73 Å². The van der Waals surface area contributed by atoms with Gasteiger partial charge in [0.05, 0.1) is 5.56 Å². The smallest absolute Gasteiger partial charge is 0.196 e. The monoisotopic (exact) mass is 251 g/mol. The van der Waals surface area contributed by atoms with Crippen molar-refractivity contribution < 1.29 is 18.0 Å². The number of rotatable bonds is 2. The Morgan fingerprint density at radius 1 is 0.889 bits per heavy atom. The van der Waals surface area contributed by atoms with Crippen LogP contribution in [0.25, 0.3) is 0 Å². The lowest BCUT2D eigenvalue weighted by molar-refractivity contribution is 0.103. The van der Waals surface area contributed by atoms with Gasteiger partial charge in [-0.05, 0) is 36.4 Å². The zero-order chi connectivity index (χ0) is 13.3. The van der Waals surface area contributed by atoms with Gasteiger partial charge in [0.2, 0.25) is 0 Å². The van der Waals surface area contributed by atoms with Crippen LogP contribution < -0.4 is 5.73 Å². The second kappa shape index (κ2) is 4.52. The number of benzene rings is 2. The molecule has 2 rings (SSSR count). The molecule has 0 fully saturated rings. The van der Waals surface area contributed by atoms with E-state index in [1.807, 2.05) is 0 Å². The van der Waals surface area contributed by atoms with Gasteiger partial charge in [-0.3, -0.25) is 4.79 Å². The molecule has 0 aromatic heterocycles. The molecule has 2 N–H and O–H groups in total. The van der Waals surface area contributed by atoms with Crippen LogP contribution in [0.5, 0.6) is 0 Å². The summed E-state index contributed by atoms with van der Waals surface area (Å²) < 4.78 is 39.2. The number of ketones is 1. The van der Waals surface area contributed by atoms with Crippen LogP contribution in [-0.4, -0.2) is 5.78 Å². The molecule has 0 saturated carbocycles. The third kappa shape index (κ3) is 2.20. The highest BCUT2D eigenvalue weighted by Crippen LogP contribution is 2.18. The van der Waals surface area contributed by atoms with E-state index in [4.69, 9.17) is 5.73 Å². The van der Waals surface area contributed by atoms with Crippen molar-refractivity contribution in [2.24, 2.45) is 0 Å². The van der Waals surface area contributed by atoms with Crippen LogP contribution in [0.1, 0.15) is 15.9 Å². The molecule has 0 aliphatic heterocycles. The minimum Gasteiger partial charge on any atom is -0.399 e. The van der Waals surface area contributed by atoms with E-state index in [1.165, 1.54) is 6.07 Å². The molecular formula is C13H8F3NO. The standard InChI is InChI=1S/C13H8F3NO/c14-10-4-2-8(17)6-9(10)13(18)7-1-3-11(15)12(16)5-7/h1-6H,17H2. The Morgan fingerprint density at radius 3 is 2.22 bits per heavy atom. The van der Waals surface area contributed by atoms with E-state index in [-0.39, 0.29) is 16.8 Å². The first-order chi connectivity index (χ1) is 8.49. The van der Waals surface area contributed by atoms with Crippen LogP contribution in [0.3, 0.4) is 0 Å². The summed E-state index contributed by atoms with van der Waals surface area (Å²) in [6.45, 7) is 0. The second-order valence-corrected chi connectivity index (χ2v) is 3.70. The van der Waals surface area contributed by atoms with Crippen LogP contribution in [0.4, 0.5) is 18.9 Å². The fraction of sp³-hybridized carbons (Fsp3) is 0. The molecule has 0 bridgehead atoms. The van der Waals surface area contributed by atoms with Gasteiger partial charge in [-0.15, -0.1) is 0 Å². The Morgan fingerprint density at radius 2 is 1.56 bits per heavy atom. The third-order valence-corrected chi connectivity index (χ3v) is 2.42. The van der Waals surface area contributed by atoms with Crippen molar-refractivity contribution in [3.8, 4) is 0 Å². The first-order valence-corrected chi connectivity index (χ1v) is 5.04. The number of hydrogen-bond donors (Lipinski definition) is 1. The molecule has 0 spiro atoms. The lowest BCUT2D eigenvalue weighted by Gasteiger charge is -2.04. The lowest BCUT2D eigenvalue weighted by atomic mass is 10.0. The average Bonchev–Trinajstić information content (AvgIpc) is 2.35. The quantitative estimate of drug-likeness (QED) is 0.658. The number of hydrogen-bond acceptors (Lipinski definition) is 2. The summed E-state index contributed by atoms with van der Waals surface area (Å²) in [5.74, 6) is -3.75. The van der Waals surface area contributed by atoms with Gasteiger partial charge in [-0.2, -0.15) is 0 Å². The molecule has 0 aliphatic rings. The van der Waals surface area contributed by atoms with Gasteiger partial charge in [-0.1, -0.05) is 0 Å². The maximum Gasteiger partial charge on any atom is 0.196 e. The topological polar surface area (TPSA) is 43.1 Å². The molecule has 0 radical (unpaired) electrons. The maximum atomic E-state index is 13.4. The summed E-state index contributed by atoms with van der Waals surface area (Å²) in [6.07, 6.45) is 0. The molecule has 0 heterocycles. The summed E-state index contributed by atoms with van der Waals surface area (Å²) in [4.78, 5) is 11.9. The minimum atomic E-state index is -1.16. The summed E-state index contributed by atoms with van der Waals surface area (Å²) in [5, 5.41) is 0. The normalized spacial score (nSPS) is 10.4. The Labute approximate surface area is 101 Å². The van der Waals surface area contributed by atoms with Crippen LogP contribution in [-0.2, 0) is 0 Å². The molecule has 0 atom stereocenters. The lowest BCUT2D eigenvalue weighted by Crippen LogP contribution is -2.06. The number of carbonyl (C=O) groups excluding carboxylic acids is 1. The van der Waals surface area contributed by atoms with Crippen molar-refractivity contribution in [3.05, 3.63) is 65.0 Å². The molecule has 2 aromatic rings. The molecule has 5 heteroatoms. The van der Waals surface area contributed by atoms with E-state index in [0.717, 1.165) is 30.3 Å². The third-order valence-electron chi connectivity index (χ3n) is 2.42. The fourth-order valence-electron chi connectivity index (χ4n) is 1.51. The van der Waals surface area contributed by atoms with Gasteiger partial charge in [0.25, 0.3) is 0 Å². The molecule has 2 nitrogen and oxygen atoms in total. The van der Waals surface area contributed by atoms with Gasteiger partial charge >= 0.3 is 0 Å². The molecule has 0 amide bonds. The van der Waals surface area contributed by atoms with Crippen LogP contribution in [0, 0.1) is 17.5 Å². The predicted molar refractivity (Wildman–Crippen MR) is 60.6 cm³/mol. The van der Waals surface area contributed by atoms with E-state index in [9.17, 15) is 18.0 Å². The fourth-order valence-corrected chi connectivity index (χ4v) is 1.51. The van der Waals surface area contributed by atoms with E-state index in [1.54, 1.807) is 0 Å². The van der Waals surface area contributed by atoms with Crippen molar-refractivity contribution in [3.63, 3.8) is 0 Å². The van der Waals surface area contributed by atoms with Crippen LogP contribution in [0.2, 0.25) is 0 Å². The second-order valence-electron chi connectivity index (χ2n) is 3.70. The first kappa shape index (κ1) is 12.2. The Hall–Kier alpha value is -2.30. The van der Waals surface area contributed by atoms with E-state index >= 15 is 0 Å². The van der Waals surface area contributed by atoms with Gasteiger partial charge in [-0.25, -0.2) is 13.2 Å². The zero-order valence-corrected chi connectivity index (χ0v) is 9.08. The van der Waals surface area contributed by atoms with Gasteiger partial charge in [0, 0.05) is 11.3 Å². The molecule has 18 heavy (non-hydrogen) atoms. The Bertz CT molecular complexity index is 626. The molecular weight excluding hydrogens is 243 g/mol. The minimum absolute atomic E-state index is 0.140. The SMILES string of the molecule is Nc1ccc(F)c(C(=O)c2ccc(F)c(F)c2)c1. The number of nitrogens with two attached hydrogens (primary N) is 1. The number of halogens is 3. The van der Waals surface area contributed by atoms with E-state index in [2.05, 4.69) is 0 Å². The predicted octanol–water partition coefficient (Wildman–Crippen LogP) is 2.92. The largest absolute Gasteiger partial charge is 0.399 e. The molecule has 0 saturated heterocycles. The zero-order valence-electron chi connectivity index (χ0n) is 9.08. The van der Waals surface area contributed by atoms with Crippen LogP contribution in [0.15, 0.2) is 36.4 Å². The maximum absolute atomic E-state index is 13.4. The average molecular weight is 251 g/mol. The van der Waals surface area contributed by atoms with Crippen molar-refractivity contribution in [1.82, 2.24) is 0 Å².